The van der Waals surface area contributed by atoms with Crippen molar-refractivity contribution in [3.63, 3.8) is 0 Å². The molecule has 0 spiro atoms. The van der Waals surface area contributed by atoms with Crippen molar-refractivity contribution < 1.29 is 0 Å². The Hall–Kier alpha value is -1.60. The monoisotopic (exact) mass is 296 g/mol. The summed E-state index contributed by atoms with van der Waals surface area (Å²) in [7, 11) is 0. The van der Waals surface area contributed by atoms with Crippen LogP contribution in [0.1, 0.15) is 5.56 Å². The van der Waals surface area contributed by atoms with Gasteiger partial charge in [-0.15, -0.1) is 0 Å². The van der Waals surface area contributed by atoms with Crippen molar-refractivity contribution in [2.45, 2.75) is 6.92 Å². The number of rotatable bonds is 1. The number of benzene rings is 3. The summed E-state index contributed by atoms with van der Waals surface area (Å²) in [6.45, 7) is 2.17. The van der Waals surface area contributed by atoms with Crippen LogP contribution < -0.4 is 0 Å². The Labute approximate surface area is 115 Å². The fraction of sp³-hybridized carbons (Fsp3) is 0.0588. The first kappa shape index (κ1) is 11.5. The predicted octanol–water partition coefficient (Wildman–Crippen LogP) is 5.58. The minimum atomic E-state index is 1.11. The van der Waals surface area contributed by atoms with E-state index in [2.05, 4.69) is 83.5 Å². The SMILES string of the molecule is Cc1ccc2ccccc2c1-c1ccc(Br)cc1. The number of hydrogen-bond donors (Lipinski definition) is 0. The van der Waals surface area contributed by atoms with Crippen LogP contribution >= 0.6 is 15.9 Å². The molecule has 0 aliphatic heterocycles. The van der Waals surface area contributed by atoms with Gasteiger partial charge in [-0.2, -0.15) is 0 Å². The second-order valence-corrected chi connectivity index (χ2v) is 5.40. The lowest BCUT2D eigenvalue weighted by Gasteiger charge is -2.10. The molecule has 0 radical (unpaired) electrons. The first-order chi connectivity index (χ1) is 8.75. The van der Waals surface area contributed by atoms with Crippen LogP contribution in [-0.2, 0) is 0 Å². The lowest BCUT2D eigenvalue weighted by Crippen LogP contribution is -1.86. The highest BCUT2D eigenvalue weighted by molar-refractivity contribution is 9.10. The van der Waals surface area contributed by atoms with Crippen LogP contribution in [0.5, 0.6) is 0 Å². The highest BCUT2D eigenvalue weighted by Crippen LogP contribution is 2.32. The van der Waals surface area contributed by atoms with E-state index >= 15 is 0 Å². The summed E-state index contributed by atoms with van der Waals surface area (Å²) < 4.78 is 1.11. The fourth-order valence-corrected chi connectivity index (χ4v) is 2.64. The minimum Gasteiger partial charge on any atom is -0.0616 e. The normalized spacial score (nSPS) is 10.8. The molecule has 18 heavy (non-hydrogen) atoms. The molecule has 1 heteroatoms. The van der Waals surface area contributed by atoms with E-state index in [1.807, 2.05) is 0 Å². The van der Waals surface area contributed by atoms with E-state index in [0.29, 0.717) is 0 Å². The summed E-state index contributed by atoms with van der Waals surface area (Å²) in [5.41, 5.74) is 3.92. The van der Waals surface area contributed by atoms with Crippen LogP contribution in [0.4, 0.5) is 0 Å². The molecule has 0 amide bonds. The predicted molar refractivity (Wildman–Crippen MR) is 81.8 cm³/mol. The average Bonchev–Trinajstić information content (AvgIpc) is 2.40. The maximum absolute atomic E-state index is 3.49. The van der Waals surface area contributed by atoms with Crippen LogP contribution in [0.25, 0.3) is 21.9 Å². The zero-order valence-corrected chi connectivity index (χ0v) is 11.7. The van der Waals surface area contributed by atoms with Gasteiger partial charge in [0, 0.05) is 4.47 Å². The van der Waals surface area contributed by atoms with E-state index < -0.39 is 0 Å². The summed E-state index contributed by atoms with van der Waals surface area (Å²) in [6.07, 6.45) is 0. The Morgan fingerprint density at radius 1 is 0.778 bits per heavy atom. The summed E-state index contributed by atoms with van der Waals surface area (Å²) in [6, 6.07) is 21.4. The largest absolute Gasteiger partial charge is 0.0616 e. The van der Waals surface area contributed by atoms with Gasteiger partial charge in [0.25, 0.3) is 0 Å². The molecular formula is C17H13Br. The Kier molecular flexibility index (Phi) is 2.92. The van der Waals surface area contributed by atoms with Crippen molar-refractivity contribution in [2.24, 2.45) is 0 Å². The smallest absolute Gasteiger partial charge is 0.0175 e. The van der Waals surface area contributed by atoms with Crippen molar-refractivity contribution in [2.75, 3.05) is 0 Å². The molecule has 0 heterocycles. The first-order valence-corrected chi connectivity index (χ1v) is 6.79. The third kappa shape index (κ3) is 1.95. The summed E-state index contributed by atoms with van der Waals surface area (Å²) in [4.78, 5) is 0. The van der Waals surface area contributed by atoms with Gasteiger partial charge in [0.15, 0.2) is 0 Å². The number of fused-ring (bicyclic) bond motifs is 1. The van der Waals surface area contributed by atoms with Gasteiger partial charge in [-0.3, -0.25) is 0 Å². The molecule has 3 aromatic carbocycles. The third-order valence-electron chi connectivity index (χ3n) is 3.27. The quantitative estimate of drug-likeness (QED) is 0.550. The van der Waals surface area contributed by atoms with E-state index in [1.54, 1.807) is 0 Å². The Balaban J connectivity index is 2.33. The second kappa shape index (κ2) is 4.58. The molecule has 0 bridgehead atoms. The molecule has 0 aliphatic carbocycles. The van der Waals surface area contributed by atoms with Gasteiger partial charge in [-0.1, -0.05) is 64.5 Å². The molecule has 3 rings (SSSR count). The lowest BCUT2D eigenvalue weighted by molar-refractivity contribution is 1.48. The molecule has 0 N–H and O–H groups in total. The molecule has 88 valence electrons. The van der Waals surface area contributed by atoms with E-state index in [1.165, 1.54) is 27.5 Å². The Morgan fingerprint density at radius 3 is 2.28 bits per heavy atom. The highest BCUT2D eigenvalue weighted by atomic mass is 79.9. The topological polar surface area (TPSA) is 0 Å². The summed E-state index contributed by atoms with van der Waals surface area (Å²) >= 11 is 3.49. The van der Waals surface area contributed by atoms with Crippen molar-refractivity contribution in [1.82, 2.24) is 0 Å². The van der Waals surface area contributed by atoms with E-state index in [9.17, 15) is 0 Å². The second-order valence-electron chi connectivity index (χ2n) is 4.49. The van der Waals surface area contributed by atoms with Crippen molar-refractivity contribution in [3.8, 4) is 11.1 Å². The van der Waals surface area contributed by atoms with Crippen LogP contribution in [0, 0.1) is 6.92 Å². The molecule has 0 aliphatic rings. The molecule has 0 atom stereocenters. The van der Waals surface area contributed by atoms with Gasteiger partial charge in [-0.25, -0.2) is 0 Å². The van der Waals surface area contributed by atoms with Crippen LogP contribution in [-0.4, -0.2) is 0 Å². The van der Waals surface area contributed by atoms with Crippen molar-refractivity contribution in [3.05, 3.63) is 70.7 Å². The van der Waals surface area contributed by atoms with Gasteiger partial charge >= 0.3 is 0 Å². The zero-order chi connectivity index (χ0) is 12.5. The number of hydrogen-bond acceptors (Lipinski definition) is 0. The Morgan fingerprint density at radius 2 is 1.50 bits per heavy atom. The average molecular weight is 297 g/mol. The molecule has 3 aromatic rings. The fourth-order valence-electron chi connectivity index (χ4n) is 2.38. The lowest BCUT2D eigenvalue weighted by atomic mass is 9.94. The first-order valence-electron chi connectivity index (χ1n) is 6.00. The van der Waals surface area contributed by atoms with Crippen LogP contribution in [0.15, 0.2) is 65.1 Å². The molecule has 0 fully saturated rings. The number of halogens is 1. The minimum absolute atomic E-state index is 1.11. The van der Waals surface area contributed by atoms with Crippen LogP contribution in [0.2, 0.25) is 0 Å². The van der Waals surface area contributed by atoms with Gasteiger partial charge in [0.05, 0.1) is 0 Å². The molecule has 0 unspecified atom stereocenters. The van der Waals surface area contributed by atoms with Gasteiger partial charge < -0.3 is 0 Å². The molecule has 0 aromatic heterocycles. The molecular weight excluding hydrogens is 284 g/mol. The van der Waals surface area contributed by atoms with Gasteiger partial charge in [0.1, 0.15) is 0 Å². The maximum atomic E-state index is 3.49. The van der Waals surface area contributed by atoms with Gasteiger partial charge in [-0.05, 0) is 46.5 Å². The summed E-state index contributed by atoms with van der Waals surface area (Å²) in [5.74, 6) is 0. The van der Waals surface area contributed by atoms with E-state index in [0.717, 1.165) is 4.47 Å². The molecule has 0 saturated heterocycles. The van der Waals surface area contributed by atoms with Crippen LogP contribution in [0.3, 0.4) is 0 Å². The Bertz CT molecular complexity index is 696. The van der Waals surface area contributed by atoms with Crippen molar-refractivity contribution >= 4 is 26.7 Å². The highest BCUT2D eigenvalue weighted by Gasteiger charge is 2.06. The maximum Gasteiger partial charge on any atom is 0.0175 e. The summed E-state index contributed by atoms with van der Waals surface area (Å²) in [5, 5.41) is 2.61. The molecule has 0 saturated carbocycles. The van der Waals surface area contributed by atoms with E-state index in [-0.39, 0.29) is 0 Å². The molecule has 0 nitrogen and oxygen atoms in total. The third-order valence-corrected chi connectivity index (χ3v) is 3.80. The van der Waals surface area contributed by atoms with Gasteiger partial charge in [0.2, 0.25) is 0 Å². The van der Waals surface area contributed by atoms with E-state index in [4.69, 9.17) is 0 Å². The zero-order valence-electron chi connectivity index (χ0n) is 10.2. The standard InChI is InChI=1S/C17H13Br/c1-12-6-7-13-4-2-3-5-16(13)17(12)14-8-10-15(18)11-9-14/h2-11H,1H3. The number of aryl methyl sites for hydroxylation is 1. The van der Waals surface area contributed by atoms with Crippen molar-refractivity contribution in [1.29, 1.82) is 0 Å².